The van der Waals surface area contributed by atoms with Crippen LogP contribution >= 0.6 is 15.9 Å². The minimum atomic E-state index is -3.80. The number of halogens is 1. The van der Waals surface area contributed by atoms with Crippen LogP contribution in [0.2, 0.25) is 0 Å². The molecule has 1 heterocycles. The number of amides is 1. The number of hydrogen-bond donors (Lipinski definition) is 2. The van der Waals surface area contributed by atoms with E-state index in [0.717, 1.165) is 4.47 Å². The van der Waals surface area contributed by atoms with Crippen LogP contribution in [0.1, 0.15) is 6.92 Å². The van der Waals surface area contributed by atoms with Gasteiger partial charge in [-0.15, -0.1) is 0 Å². The molecule has 25 heavy (non-hydrogen) atoms. The number of benzene rings is 2. The van der Waals surface area contributed by atoms with E-state index in [0.29, 0.717) is 17.2 Å². The first-order valence-electron chi connectivity index (χ1n) is 7.33. The normalized spacial score (nSPS) is 14.2. The third-order valence-electron chi connectivity index (χ3n) is 3.49. The Hall–Kier alpha value is -2.10. The topological polar surface area (TPSA) is 93.7 Å². The molecule has 1 amide bonds. The average molecular weight is 427 g/mol. The highest BCUT2D eigenvalue weighted by Gasteiger charge is 2.22. The van der Waals surface area contributed by atoms with Gasteiger partial charge in [-0.25, -0.2) is 8.42 Å². The molecular formula is C16H15BrN2O5S. The summed E-state index contributed by atoms with van der Waals surface area (Å²) in [6.45, 7) is 1.61. The van der Waals surface area contributed by atoms with E-state index in [4.69, 9.17) is 9.47 Å². The number of hydrogen-bond acceptors (Lipinski definition) is 5. The van der Waals surface area contributed by atoms with Gasteiger partial charge >= 0.3 is 0 Å². The van der Waals surface area contributed by atoms with Crippen molar-refractivity contribution in [1.29, 1.82) is 0 Å². The second kappa shape index (κ2) is 7.03. The zero-order valence-corrected chi connectivity index (χ0v) is 15.6. The van der Waals surface area contributed by atoms with E-state index in [1.54, 1.807) is 30.3 Å². The van der Waals surface area contributed by atoms with Crippen molar-refractivity contribution in [2.24, 2.45) is 0 Å². The second-order valence-corrected chi connectivity index (χ2v) is 7.98. The minimum Gasteiger partial charge on any atom is -0.454 e. The first kappa shape index (κ1) is 17.7. The van der Waals surface area contributed by atoms with Crippen molar-refractivity contribution in [3.63, 3.8) is 0 Å². The van der Waals surface area contributed by atoms with Crippen molar-refractivity contribution in [2.45, 2.75) is 17.9 Å². The molecule has 7 nitrogen and oxygen atoms in total. The number of fused-ring (bicyclic) bond motifs is 1. The van der Waals surface area contributed by atoms with Crippen molar-refractivity contribution in [3.8, 4) is 11.5 Å². The molecule has 132 valence electrons. The molecule has 0 fully saturated rings. The summed E-state index contributed by atoms with van der Waals surface area (Å²) in [4.78, 5) is 12.3. The van der Waals surface area contributed by atoms with Crippen LogP contribution in [-0.2, 0) is 14.8 Å². The summed E-state index contributed by atoms with van der Waals surface area (Å²) in [5.41, 5.74) is 0.490. The Kier molecular flexibility index (Phi) is 4.98. The van der Waals surface area contributed by atoms with Gasteiger partial charge in [0.1, 0.15) is 0 Å². The number of nitrogens with one attached hydrogen (secondary N) is 2. The van der Waals surface area contributed by atoms with Crippen LogP contribution in [0.25, 0.3) is 0 Å². The number of ether oxygens (including phenoxy) is 2. The molecule has 0 bridgehead atoms. The molecule has 2 aromatic rings. The zero-order valence-electron chi connectivity index (χ0n) is 13.2. The Labute approximate surface area is 153 Å². The van der Waals surface area contributed by atoms with Crippen LogP contribution < -0.4 is 19.5 Å². The van der Waals surface area contributed by atoms with E-state index in [1.165, 1.54) is 19.1 Å². The predicted octanol–water partition coefficient (Wildman–Crippen LogP) is 2.48. The molecule has 2 N–H and O–H groups in total. The molecule has 1 atom stereocenters. The Bertz CT molecular complexity index is 899. The fraction of sp³-hybridized carbons (Fsp3) is 0.188. The van der Waals surface area contributed by atoms with Crippen LogP contribution in [0.3, 0.4) is 0 Å². The standard InChI is InChI=1S/C16H15BrN2O5S/c1-10(19-25(21,22)13-5-2-11(17)3-6-13)16(20)18-12-4-7-14-15(8-12)24-9-23-14/h2-8,10,19H,9H2,1H3,(H,18,20)/t10-/m1/s1. The molecular weight excluding hydrogens is 412 g/mol. The van der Waals surface area contributed by atoms with E-state index in [-0.39, 0.29) is 11.7 Å². The van der Waals surface area contributed by atoms with Crippen LogP contribution in [0, 0.1) is 0 Å². The number of rotatable bonds is 5. The molecule has 1 aliphatic heterocycles. The van der Waals surface area contributed by atoms with Gasteiger partial charge in [-0.05, 0) is 43.3 Å². The third kappa shape index (κ3) is 4.12. The lowest BCUT2D eigenvalue weighted by atomic mass is 10.2. The van der Waals surface area contributed by atoms with Gasteiger partial charge in [-0.3, -0.25) is 4.79 Å². The average Bonchev–Trinajstić information content (AvgIpc) is 3.02. The maximum Gasteiger partial charge on any atom is 0.242 e. The highest BCUT2D eigenvalue weighted by atomic mass is 79.9. The number of sulfonamides is 1. The summed E-state index contributed by atoms with van der Waals surface area (Å²) >= 11 is 3.25. The SMILES string of the molecule is C[C@@H](NS(=O)(=O)c1ccc(Br)cc1)C(=O)Nc1ccc2c(c1)OCO2. The first-order chi connectivity index (χ1) is 11.8. The van der Waals surface area contributed by atoms with Gasteiger partial charge < -0.3 is 14.8 Å². The molecule has 0 saturated carbocycles. The maximum absolute atomic E-state index is 12.3. The summed E-state index contributed by atoms with van der Waals surface area (Å²) in [5, 5.41) is 2.65. The van der Waals surface area contributed by atoms with Crippen molar-refractivity contribution >= 4 is 37.5 Å². The number of carbonyl (C=O) groups excluding carboxylic acids is 1. The van der Waals surface area contributed by atoms with E-state index in [9.17, 15) is 13.2 Å². The smallest absolute Gasteiger partial charge is 0.242 e. The van der Waals surface area contributed by atoms with Crippen LogP contribution in [-0.4, -0.2) is 27.2 Å². The fourth-order valence-corrected chi connectivity index (χ4v) is 3.66. The molecule has 0 saturated heterocycles. The molecule has 0 aromatic heterocycles. The van der Waals surface area contributed by atoms with Crippen LogP contribution in [0.4, 0.5) is 5.69 Å². The van der Waals surface area contributed by atoms with Crippen molar-refractivity contribution in [3.05, 3.63) is 46.9 Å². The Morgan fingerprint density at radius 2 is 1.80 bits per heavy atom. The maximum atomic E-state index is 12.3. The zero-order chi connectivity index (χ0) is 18.0. The first-order valence-corrected chi connectivity index (χ1v) is 9.61. The van der Waals surface area contributed by atoms with Crippen molar-refractivity contribution < 1.29 is 22.7 Å². The van der Waals surface area contributed by atoms with E-state index < -0.39 is 22.0 Å². The molecule has 1 aliphatic rings. The van der Waals surface area contributed by atoms with Gasteiger partial charge in [-0.2, -0.15) is 4.72 Å². The summed E-state index contributed by atoms with van der Waals surface area (Å²) in [5.74, 6) is 0.641. The molecule has 3 rings (SSSR count). The summed E-state index contributed by atoms with van der Waals surface area (Å²) in [6.07, 6.45) is 0. The number of anilines is 1. The lowest BCUT2D eigenvalue weighted by Crippen LogP contribution is -2.41. The van der Waals surface area contributed by atoms with Gasteiger partial charge in [0.05, 0.1) is 10.9 Å². The lowest BCUT2D eigenvalue weighted by Gasteiger charge is -2.15. The highest BCUT2D eigenvalue weighted by Crippen LogP contribution is 2.34. The fourth-order valence-electron chi connectivity index (χ4n) is 2.19. The lowest BCUT2D eigenvalue weighted by molar-refractivity contribution is -0.117. The van der Waals surface area contributed by atoms with Gasteiger partial charge in [0, 0.05) is 16.2 Å². The molecule has 0 radical (unpaired) electrons. The van der Waals surface area contributed by atoms with Gasteiger partial charge in [0.2, 0.25) is 22.7 Å². The van der Waals surface area contributed by atoms with Crippen molar-refractivity contribution in [2.75, 3.05) is 12.1 Å². The Balaban J connectivity index is 1.67. The van der Waals surface area contributed by atoms with Gasteiger partial charge in [0.15, 0.2) is 11.5 Å². The summed E-state index contributed by atoms with van der Waals surface area (Å²) < 4.78 is 38.2. The largest absolute Gasteiger partial charge is 0.454 e. The van der Waals surface area contributed by atoms with E-state index in [1.807, 2.05) is 0 Å². The molecule has 0 aliphatic carbocycles. The second-order valence-electron chi connectivity index (χ2n) is 5.35. The van der Waals surface area contributed by atoms with E-state index >= 15 is 0 Å². The highest BCUT2D eigenvalue weighted by molar-refractivity contribution is 9.10. The van der Waals surface area contributed by atoms with Crippen molar-refractivity contribution in [1.82, 2.24) is 4.72 Å². The summed E-state index contributed by atoms with van der Waals surface area (Å²) in [7, 11) is -3.80. The van der Waals surface area contributed by atoms with E-state index in [2.05, 4.69) is 26.0 Å². The quantitative estimate of drug-likeness (QED) is 0.765. The Morgan fingerprint density at radius 3 is 2.52 bits per heavy atom. The predicted molar refractivity (Wildman–Crippen MR) is 95.1 cm³/mol. The Morgan fingerprint density at radius 1 is 1.12 bits per heavy atom. The van der Waals surface area contributed by atoms with Gasteiger partial charge in [0.25, 0.3) is 0 Å². The molecule has 9 heteroatoms. The monoisotopic (exact) mass is 426 g/mol. The van der Waals surface area contributed by atoms with Crippen LogP contribution in [0.15, 0.2) is 51.8 Å². The molecule has 0 unspecified atom stereocenters. The van der Waals surface area contributed by atoms with Crippen LogP contribution in [0.5, 0.6) is 11.5 Å². The third-order valence-corrected chi connectivity index (χ3v) is 5.57. The molecule has 0 spiro atoms. The number of carbonyl (C=O) groups is 1. The molecule has 2 aromatic carbocycles. The minimum absolute atomic E-state index is 0.0819. The van der Waals surface area contributed by atoms with Gasteiger partial charge in [-0.1, -0.05) is 15.9 Å². The summed E-state index contributed by atoms with van der Waals surface area (Å²) in [6, 6.07) is 10.1.